The van der Waals surface area contributed by atoms with Crippen LogP contribution in [0.4, 0.5) is 0 Å². The molecule has 3 nitrogen and oxygen atoms in total. The fraction of sp³-hybridized carbons (Fsp3) is 0. The van der Waals surface area contributed by atoms with Crippen molar-refractivity contribution in [1.29, 1.82) is 0 Å². The average molecular weight is 298 g/mol. The standard InChI is InChI=1S/C20H14N2O/c23-20-17-10-3-4-11-18(17)21-19(22-20)13-12-15-8-5-7-14-6-1-2-9-16(14)15/h1-13H,(H,21,22,23)/b13-12+. The molecule has 0 spiro atoms. The molecule has 0 saturated carbocycles. The van der Waals surface area contributed by atoms with Gasteiger partial charge >= 0.3 is 0 Å². The first-order chi connectivity index (χ1) is 11.3. The van der Waals surface area contributed by atoms with E-state index in [2.05, 4.69) is 34.2 Å². The maximum Gasteiger partial charge on any atom is 0.259 e. The number of benzene rings is 3. The molecule has 3 aromatic carbocycles. The Balaban J connectivity index is 1.80. The van der Waals surface area contributed by atoms with Gasteiger partial charge in [-0.3, -0.25) is 4.79 Å². The molecule has 1 heterocycles. The molecule has 23 heavy (non-hydrogen) atoms. The van der Waals surface area contributed by atoms with Crippen LogP contribution >= 0.6 is 0 Å². The van der Waals surface area contributed by atoms with Gasteiger partial charge in [-0.25, -0.2) is 4.98 Å². The van der Waals surface area contributed by atoms with Crippen molar-refractivity contribution in [3.8, 4) is 0 Å². The fourth-order valence-corrected chi connectivity index (χ4v) is 2.75. The molecule has 110 valence electrons. The summed E-state index contributed by atoms with van der Waals surface area (Å²) in [6.07, 6.45) is 3.82. The summed E-state index contributed by atoms with van der Waals surface area (Å²) in [6.45, 7) is 0. The zero-order chi connectivity index (χ0) is 15.6. The second kappa shape index (κ2) is 5.54. The van der Waals surface area contributed by atoms with Gasteiger partial charge in [0.05, 0.1) is 10.9 Å². The van der Waals surface area contributed by atoms with Crippen LogP contribution in [-0.2, 0) is 0 Å². The van der Waals surface area contributed by atoms with Gasteiger partial charge in [-0.2, -0.15) is 0 Å². The number of para-hydroxylation sites is 1. The van der Waals surface area contributed by atoms with Gasteiger partial charge in [0.1, 0.15) is 5.82 Å². The first kappa shape index (κ1) is 13.5. The summed E-state index contributed by atoms with van der Waals surface area (Å²) in [6, 6.07) is 21.7. The van der Waals surface area contributed by atoms with E-state index in [9.17, 15) is 4.79 Å². The Labute approximate surface area is 132 Å². The first-order valence-electron chi connectivity index (χ1n) is 7.46. The summed E-state index contributed by atoms with van der Waals surface area (Å²) in [7, 11) is 0. The van der Waals surface area contributed by atoms with Crippen LogP contribution in [0.25, 0.3) is 33.8 Å². The maximum atomic E-state index is 12.1. The minimum absolute atomic E-state index is 0.117. The average Bonchev–Trinajstić information content (AvgIpc) is 2.60. The molecule has 1 N–H and O–H groups in total. The van der Waals surface area contributed by atoms with Crippen LogP contribution in [0.3, 0.4) is 0 Å². The summed E-state index contributed by atoms with van der Waals surface area (Å²) in [5.74, 6) is 0.557. The largest absolute Gasteiger partial charge is 0.306 e. The van der Waals surface area contributed by atoms with Crippen molar-refractivity contribution in [3.63, 3.8) is 0 Å². The topological polar surface area (TPSA) is 45.8 Å². The molecule has 0 aliphatic heterocycles. The highest BCUT2D eigenvalue weighted by atomic mass is 16.1. The van der Waals surface area contributed by atoms with E-state index in [1.54, 1.807) is 6.07 Å². The Morgan fingerprint density at radius 2 is 1.52 bits per heavy atom. The molecule has 0 aliphatic carbocycles. The number of nitrogens with zero attached hydrogens (tertiary/aromatic N) is 1. The summed E-state index contributed by atoms with van der Waals surface area (Å²) in [5.41, 5.74) is 1.68. The van der Waals surface area contributed by atoms with Crippen molar-refractivity contribution in [2.24, 2.45) is 0 Å². The molecule has 0 aliphatic rings. The Kier molecular flexibility index (Phi) is 3.24. The van der Waals surface area contributed by atoms with Gasteiger partial charge in [0.2, 0.25) is 0 Å². The summed E-state index contributed by atoms with van der Waals surface area (Å²) < 4.78 is 0. The lowest BCUT2D eigenvalue weighted by atomic mass is 10.0. The van der Waals surface area contributed by atoms with E-state index in [4.69, 9.17) is 0 Å². The summed E-state index contributed by atoms with van der Waals surface area (Å²) in [4.78, 5) is 19.4. The van der Waals surface area contributed by atoms with E-state index < -0.39 is 0 Å². The number of aromatic nitrogens is 2. The van der Waals surface area contributed by atoms with Gasteiger partial charge in [-0.1, -0.05) is 60.7 Å². The van der Waals surface area contributed by atoms with Crippen molar-refractivity contribution in [2.45, 2.75) is 0 Å². The Morgan fingerprint density at radius 1 is 0.783 bits per heavy atom. The lowest BCUT2D eigenvalue weighted by molar-refractivity contribution is 1.14. The van der Waals surface area contributed by atoms with E-state index >= 15 is 0 Å². The molecule has 0 saturated heterocycles. The molecular formula is C20H14N2O. The van der Waals surface area contributed by atoms with Gasteiger partial charge < -0.3 is 4.98 Å². The molecule has 4 aromatic rings. The normalized spacial score (nSPS) is 11.5. The molecule has 4 rings (SSSR count). The lowest BCUT2D eigenvalue weighted by Crippen LogP contribution is -2.09. The van der Waals surface area contributed by atoms with E-state index in [0.717, 1.165) is 5.56 Å². The maximum absolute atomic E-state index is 12.1. The SMILES string of the molecule is O=c1[nH]c(/C=C/c2cccc3ccccc23)nc2ccccc12. The summed E-state index contributed by atoms with van der Waals surface area (Å²) in [5, 5.41) is 2.97. The van der Waals surface area contributed by atoms with Gasteiger partial charge in [0, 0.05) is 0 Å². The van der Waals surface area contributed by atoms with Crippen molar-refractivity contribution in [3.05, 3.63) is 88.5 Å². The Morgan fingerprint density at radius 3 is 2.43 bits per heavy atom. The van der Waals surface area contributed by atoms with Crippen LogP contribution < -0.4 is 5.56 Å². The van der Waals surface area contributed by atoms with Gasteiger partial charge in [0.15, 0.2) is 0 Å². The van der Waals surface area contributed by atoms with Crippen LogP contribution in [0.2, 0.25) is 0 Å². The highest BCUT2D eigenvalue weighted by Crippen LogP contribution is 2.20. The number of fused-ring (bicyclic) bond motifs is 2. The number of H-pyrrole nitrogens is 1. The van der Waals surface area contributed by atoms with Crippen molar-refractivity contribution in [1.82, 2.24) is 9.97 Å². The summed E-state index contributed by atoms with van der Waals surface area (Å²) >= 11 is 0. The molecule has 0 unspecified atom stereocenters. The van der Waals surface area contributed by atoms with Crippen LogP contribution in [0.1, 0.15) is 11.4 Å². The monoisotopic (exact) mass is 298 g/mol. The van der Waals surface area contributed by atoms with Gasteiger partial charge in [-0.05, 0) is 34.5 Å². The van der Waals surface area contributed by atoms with E-state index in [1.165, 1.54) is 10.8 Å². The van der Waals surface area contributed by atoms with Crippen LogP contribution in [0.15, 0.2) is 71.5 Å². The lowest BCUT2D eigenvalue weighted by Gasteiger charge is -2.02. The molecule has 0 radical (unpaired) electrons. The second-order valence-corrected chi connectivity index (χ2v) is 5.37. The quantitative estimate of drug-likeness (QED) is 0.601. The predicted molar refractivity (Wildman–Crippen MR) is 95.2 cm³/mol. The highest BCUT2D eigenvalue weighted by molar-refractivity contribution is 5.92. The molecule has 3 heteroatoms. The van der Waals surface area contributed by atoms with Gasteiger partial charge in [0.25, 0.3) is 5.56 Å². The van der Waals surface area contributed by atoms with E-state index in [1.807, 2.05) is 48.6 Å². The minimum atomic E-state index is -0.117. The third kappa shape index (κ3) is 2.53. The predicted octanol–water partition coefficient (Wildman–Crippen LogP) is 4.25. The zero-order valence-electron chi connectivity index (χ0n) is 12.4. The zero-order valence-corrected chi connectivity index (χ0v) is 12.4. The number of rotatable bonds is 2. The van der Waals surface area contributed by atoms with Crippen molar-refractivity contribution in [2.75, 3.05) is 0 Å². The van der Waals surface area contributed by atoms with Gasteiger partial charge in [-0.15, -0.1) is 0 Å². The Hall–Kier alpha value is -3.20. The van der Waals surface area contributed by atoms with Crippen molar-refractivity contribution < 1.29 is 0 Å². The minimum Gasteiger partial charge on any atom is -0.306 e. The molecule has 0 amide bonds. The number of hydrogen-bond donors (Lipinski definition) is 1. The fourth-order valence-electron chi connectivity index (χ4n) is 2.75. The first-order valence-corrected chi connectivity index (χ1v) is 7.46. The number of hydrogen-bond acceptors (Lipinski definition) is 2. The van der Waals surface area contributed by atoms with Crippen LogP contribution in [0, 0.1) is 0 Å². The molecular weight excluding hydrogens is 284 g/mol. The molecule has 0 fully saturated rings. The number of aromatic amines is 1. The van der Waals surface area contributed by atoms with Crippen LogP contribution in [-0.4, -0.2) is 9.97 Å². The molecule has 0 bridgehead atoms. The van der Waals surface area contributed by atoms with E-state index in [0.29, 0.717) is 16.7 Å². The third-order valence-electron chi connectivity index (χ3n) is 3.88. The molecule has 1 aromatic heterocycles. The third-order valence-corrected chi connectivity index (χ3v) is 3.88. The number of nitrogens with one attached hydrogen (secondary N) is 1. The second-order valence-electron chi connectivity index (χ2n) is 5.37. The molecule has 0 atom stereocenters. The smallest absolute Gasteiger partial charge is 0.259 e. The van der Waals surface area contributed by atoms with E-state index in [-0.39, 0.29) is 5.56 Å². The van der Waals surface area contributed by atoms with Crippen molar-refractivity contribution >= 4 is 33.8 Å². The Bertz CT molecular complexity index is 1090. The van der Waals surface area contributed by atoms with Crippen LogP contribution in [0.5, 0.6) is 0 Å². The highest BCUT2D eigenvalue weighted by Gasteiger charge is 2.01.